The molecule has 0 bridgehead atoms. The molecule has 2 heterocycles. The van der Waals surface area contributed by atoms with Gasteiger partial charge in [-0.2, -0.15) is 0 Å². The van der Waals surface area contributed by atoms with E-state index >= 15 is 0 Å². The summed E-state index contributed by atoms with van der Waals surface area (Å²) in [6.07, 6.45) is 1.49. The number of nitrogens with one attached hydrogen (secondary N) is 1. The van der Waals surface area contributed by atoms with Gasteiger partial charge in [-0.1, -0.05) is 0 Å². The maximum atomic E-state index is 11.3. The zero-order chi connectivity index (χ0) is 12.3. The van der Waals surface area contributed by atoms with Gasteiger partial charge in [-0.15, -0.1) is 0 Å². The van der Waals surface area contributed by atoms with Crippen LogP contribution >= 0.6 is 15.9 Å². The number of carbonyl (C=O) groups excluding carboxylic acids is 1. The van der Waals surface area contributed by atoms with Gasteiger partial charge in [0.1, 0.15) is 5.69 Å². The lowest BCUT2D eigenvalue weighted by atomic mass is 10.4. The average molecular weight is 303 g/mol. The van der Waals surface area contributed by atoms with E-state index in [-0.39, 0.29) is 5.69 Å². The van der Waals surface area contributed by atoms with Gasteiger partial charge < -0.3 is 9.64 Å². The summed E-state index contributed by atoms with van der Waals surface area (Å²) in [5.74, 6) is -0.219. The molecule has 0 radical (unpaired) electrons. The van der Waals surface area contributed by atoms with Gasteiger partial charge in [0.25, 0.3) is 5.91 Å². The van der Waals surface area contributed by atoms with Crippen molar-refractivity contribution < 1.29 is 14.7 Å². The van der Waals surface area contributed by atoms with E-state index in [9.17, 15) is 4.79 Å². The Morgan fingerprint density at radius 3 is 2.88 bits per heavy atom. The van der Waals surface area contributed by atoms with Crippen molar-refractivity contribution in [3.63, 3.8) is 0 Å². The fourth-order valence-electron chi connectivity index (χ4n) is 1.49. The third-order valence-electron chi connectivity index (χ3n) is 2.34. The van der Waals surface area contributed by atoms with Crippen LogP contribution in [0.4, 0.5) is 5.95 Å². The molecule has 1 fully saturated rings. The number of hydrogen-bond acceptors (Lipinski definition) is 6. The van der Waals surface area contributed by atoms with Crippen molar-refractivity contribution >= 4 is 27.8 Å². The van der Waals surface area contributed by atoms with E-state index in [2.05, 4.69) is 25.9 Å². The van der Waals surface area contributed by atoms with Crippen molar-refractivity contribution in [2.45, 2.75) is 0 Å². The number of carbonyl (C=O) groups is 1. The van der Waals surface area contributed by atoms with Crippen LogP contribution < -0.4 is 10.4 Å². The summed E-state index contributed by atoms with van der Waals surface area (Å²) in [4.78, 5) is 21.5. The number of anilines is 1. The predicted octanol–water partition coefficient (Wildman–Crippen LogP) is 0.195. The minimum atomic E-state index is -0.672. The SMILES string of the molecule is O=C(NO)c1nc(N2CCOCC2)ncc1Br. The van der Waals surface area contributed by atoms with Crippen molar-refractivity contribution in [3.8, 4) is 0 Å². The van der Waals surface area contributed by atoms with E-state index in [0.717, 1.165) is 0 Å². The average Bonchev–Trinajstić information content (AvgIpc) is 2.39. The topological polar surface area (TPSA) is 87.6 Å². The van der Waals surface area contributed by atoms with Gasteiger partial charge in [0.15, 0.2) is 0 Å². The van der Waals surface area contributed by atoms with Gasteiger partial charge in [0.2, 0.25) is 5.95 Å². The molecule has 17 heavy (non-hydrogen) atoms. The van der Waals surface area contributed by atoms with E-state index in [1.54, 1.807) is 5.48 Å². The lowest BCUT2D eigenvalue weighted by Crippen LogP contribution is -2.37. The second-order valence-corrected chi connectivity index (χ2v) is 4.26. The standard InChI is InChI=1S/C9H11BrN4O3/c10-6-5-11-9(12-7(6)8(15)13-16)14-1-3-17-4-2-14/h5,16H,1-4H2,(H,13,15). The Bertz CT molecular complexity index is 423. The Hall–Kier alpha value is -1.25. The quantitative estimate of drug-likeness (QED) is 0.599. The van der Waals surface area contributed by atoms with Crippen molar-refractivity contribution in [1.29, 1.82) is 0 Å². The monoisotopic (exact) mass is 302 g/mol. The van der Waals surface area contributed by atoms with Crippen molar-refractivity contribution in [2.75, 3.05) is 31.2 Å². The highest BCUT2D eigenvalue weighted by Crippen LogP contribution is 2.17. The number of amides is 1. The predicted molar refractivity (Wildman–Crippen MR) is 62.0 cm³/mol. The van der Waals surface area contributed by atoms with Crippen LogP contribution in [0.1, 0.15) is 10.5 Å². The van der Waals surface area contributed by atoms with Crippen LogP contribution in [0.15, 0.2) is 10.7 Å². The molecule has 92 valence electrons. The number of rotatable bonds is 2. The number of morpholine rings is 1. The molecule has 0 atom stereocenters. The zero-order valence-electron chi connectivity index (χ0n) is 8.89. The molecular formula is C9H11BrN4O3. The molecule has 7 nitrogen and oxygen atoms in total. The van der Waals surface area contributed by atoms with E-state index in [1.165, 1.54) is 6.20 Å². The van der Waals surface area contributed by atoms with Crippen LogP contribution in [0.25, 0.3) is 0 Å². The number of hydroxylamine groups is 1. The Balaban J connectivity index is 2.26. The molecule has 8 heteroatoms. The molecule has 1 amide bonds. The number of nitrogens with zero attached hydrogens (tertiary/aromatic N) is 3. The number of halogens is 1. The van der Waals surface area contributed by atoms with Crippen LogP contribution in [-0.4, -0.2) is 47.4 Å². The zero-order valence-corrected chi connectivity index (χ0v) is 10.5. The summed E-state index contributed by atoms with van der Waals surface area (Å²) >= 11 is 3.16. The van der Waals surface area contributed by atoms with Crippen LogP contribution in [0.5, 0.6) is 0 Å². The molecule has 1 aliphatic heterocycles. The third-order valence-corrected chi connectivity index (χ3v) is 2.92. The maximum Gasteiger partial charge on any atom is 0.294 e. The van der Waals surface area contributed by atoms with E-state index < -0.39 is 5.91 Å². The Morgan fingerprint density at radius 1 is 1.53 bits per heavy atom. The molecule has 0 saturated carbocycles. The molecule has 0 aliphatic carbocycles. The van der Waals surface area contributed by atoms with Gasteiger partial charge in [0, 0.05) is 19.3 Å². The molecule has 0 aromatic carbocycles. The minimum absolute atomic E-state index is 0.101. The summed E-state index contributed by atoms with van der Waals surface area (Å²) in [7, 11) is 0. The molecule has 1 saturated heterocycles. The number of aromatic nitrogens is 2. The second-order valence-electron chi connectivity index (χ2n) is 3.41. The molecule has 1 aromatic rings. The molecule has 0 unspecified atom stereocenters. The summed E-state index contributed by atoms with van der Waals surface area (Å²) in [6.45, 7) is 2.59. The van der Waals surface area contributed by atoms with Crippen molar-refractivity contribution in [3.05, 3.63) is 16.4 Å². The molecule has 0 spiro atoms. The molecule has 2 N–H and O–H groups in total. The maximum absolute atomic E-state index is 11.3. The van der Waals surface area contributed by atoms with Crippen LogP contribution in [-0.2, 0) is 4.74 Å². The molecule has 1 aliphatic rings. The lowest BCUT2D eigenvalue weighted by Gasteiger charge is -2.26. The first-order chi connectivity index (χ1) is 8.22. The molecular weight excluding hydrogens is 292 g/mol. The van der Waals surface area contributed by atoms with Gasteiger partial charge in [-0.05, 0) is 15.9 Å². The van der Waals surface area contributed by atoms with Gasteiger partial charge in [0.05, 0.1) is 17.7 Å². The largest absolute Gasteiger partial charge is 0.378 e. The van der Waals surface area contributed by atoms with Crippen LogP contribution in [0, 0.1) is 0 Å². The first-order valence-electron chi connectivity index (χ1n) is 5.02. The van der Waals surface area contributed by atoms with Crippen molar-refractivity contribution in [1.82, 2.24) is 15.4 Å². The Labute approximate surface area is 106 Å². The fraction of sp³-hybridized carbons (Fsp3) is 0.444. The van der Waals surface area contributed by atoms with E-state index in [1.807, 2.05) is 4.90 Å². The number of hydrogen-bond donors (Lipinski definition) is 2. The Kier molecular flexibility index (Phi) is 3.87. The number of ether oxygens (including phenoxy) is 1. The lowest BCUT2D eigenvalue weighted by molar-refractivity contribution is 0.0699. The van der Waals surface area contributed by atoms with E-state index in [0.29, 0.717) is 36.7 Å². The molecule has 2 rings (SSSR count). The minimum Gasteiger partial charge on any atom is -0.378 e. The Morgan fingerprint density at radius 2 is 2.24 bits per heavy atom. The first kappa shape index (κ1) is 12.2. The first-order valence-corrected chi connectivity index (χ1v) is 5.81. The normalized spacial score (nSPS) is 15.8. The van der Waals surface area contributed by atoms with Crippen LogP contribution in [0.2, 0.25) is 0 Å². The summed E-state index contributed by atoms with van der Waals surface area (Å²) in [6, 6.07) is 0. The summed E-state index contributed by atoms with van der Waals surface area (Å²) < 4.78 is 5.65. The van der Waals surface area contributed by atoms with Crippen LogP contribution in [0.3, 0.4) is 0 Å². The van der Waals surface area contributed by atoms with Gasteiger partial charge in [-0.25, -0.2) is 15.4 Å². The van der Waals surface area contributed by atoms with Gasteiger partial charge in [-0.3, -0.25) is 10.0 Å². The third kappa shape index (κ3) is 2.71. The van der Waals surface area contributed by atoms with Crippen molar-refractivity contribution in [2.24, 2.45) is 0 Å². The highest BCUT2D eigenvalue weighted by molar-refractivity contribution is 9.10. The summed E-state index contributed by atoms with van der Waals surface area (Å²) in [5.41, 5.74) is 1.65. The smallest absolute Gasteiger partial charge is 0.294 e. The molecule has 1 aromatic heterocycles. The highest BCUT2D eigenvalue weighted by Gasteiger charge is 2.18. The van der Waals surface area contributed by atoms with Gasteiger partial charge >= 0.3 is 0 Å². The highest BCUT2D eigenvalue weighted by atomic mass is 79.9. The fourth-order valence-corrected chi connectivity index (χ4v) is 1.86. The second kappa shape index (κ2) is 5.39. The summed E-state index contributed by atoms with van der Waals surface area (Å²) in [5, 5.41) is 8.60. The van der Waals surface area contributed by atoms with E-state index in [4.69, 9.17) is 9.94 Å².